The number of ether oxygens (including phenoxy) is 1. The number of aliphatic hydroxyl groups excluding tert-OH is 3. The Morgan fingerprint density at radius 2 is 1.90 bits per heavy atom. The number of amides is 1. The van der Waals surface area contributed by atoms with Crippen LogP contribution in [-0.4, -0.2) is 60.9 Å². The second-order valence-electron chi connectivity index (χ2n) is 6.91. The number of aliphatic hydroxyl groups is 3. The molecule has 11 nitrogen and oxygen atoms in total. The Labute approximate surface area is 167 Å². The molecule has 1 aliphatic heterocycles. The molecule has 29 heavy (non-hydrogen) atoms. The van der Waals surface area contributed by atoms with Gasteiger partial charge in [0.1, 0.15) is 24.1 Å². The number of nitrogens with zero attached hydrogens (tertiary/aromatic N) is 2. The zero-order chi connectivity index (χ0) is 21.4. The van der Waals surface area contributed by atoms with Crippen LogP contribution < -0.4 is 16.5 Å². The summed E-state index contributed by atoms with van der Waals surface area (Å²) in [6, 6.07) is 1.52. The van der Waals surface area contributed by atoms with E-state index in [1.165, 1.54) is 12.3 Å². The van der Waals surface area contributed by atoms with Crippen LogP contribution in [0, 0.1) is 0 Å². The summed E-state index contributed by atoms with van der Waals surface area (Å²) in [5.74, 6) is -0.101. The lowest BCUT2D eigenvalue weighted by Gasteiger charge is -2.17. The zero-order valence-electron chi connectivity index (χ0n) is 16.0. The van der Waals surface area contributed by atoms with Gasteiger partial charge in [-0.05, 0) is 25.3 Å². The van der Waals surface area contributed by atoms with E-state index >= 15 is 0 Å². The molecule has 2 heterocycles. The Morgan fingerprint density at radius 1 is 1.21 bits per heavy atom. The van der Waals surface area contributed by atoms with E-state index in [1.54, 1.807) is 5.48 Å². The third kappa shape index (κ3) is 6.34. The van der Waals surface area contributed by atoms with Crippen molar-refractivity contribution >= 4 is 11.7 Å². The van der Waals surface area contributed by atoms with Crippen molar-refractivity contribution in [3.05, 3.63) is 35.0 Å². The molecule has 11 heteroatoms. The van der Waals surface area contributed by atoms with Crippen LogP contribution in [0.15, 0.2) is 29.3 Å². The smallest absolute Gasteiger partial charge is 0.351 e. The number of aromatic nitrogens is 2. The number of hydrogen-bond acceptors (Lipinski definition) is 9. The van der Waals surface area contributed by atoms with Crippen LogP contribution in [0.5, 0.6) is 0 Å². The van der Waals surface area contributed by atoms with Gasteiger partial charge in [0.15, 0.2) is 6.23 Å². The zero-order valence-corrected chi connectivity index (χ0v) is 16.0. The van der Waals surface area contributed by atoms with Gasteiger partial charge in [-0.1, -0.05) is 19.4 Å². The van der Waals surface area contributed by atoms with Gasteiger partial charge in [0, 0.05) is 18.3 Å². The van der Waals surface area contributed by atoms with Crippen molar-refractivity contribution in [3.8, 4) is 0 Å². The third-order valence-corrected chi connectivity index (χ3v) is 4.68. The van der Waals surface area contributed by atoms with Crippen LogP contribution in [0.4, 0.5) is 5.82 Å². The molecule has 0 radical (unpaired) electrons. The lowest BCUT2D eigenvalue weighted by molar-refractivity contribution is -0.129. The van der Waals surface area contributed by atoms with Crippen molar-refractivity contribution in [1.82, 2.24) is 15.0 Å². The fourth-order valence-electron chi connectivity index (χ4n) is 3.06. The first-order valence-electron chi connectivity index (χ1n) is 9.46. The Morgan fingerprint density at radius 3 is 2.48 bits per heavy atom. The summed E-state index contributed by atoms with van der Waals surface area (Å²) in [5, 5.41) is 40.3. The van der Waals surface area contributed by atoms with Gasteiger partial charge in [-0.3, -0.25) is 14.6 Å². The summed E-state index contributed by atoms with van der Waals surface area (Å²) >= 11 is 0. The van der Waals surface area contributed by atoms with Gasteiger partial charge in [0.25, 0.3) is 0 Å². The van der Waals surface area contributed by atoms with Crippen molar-refractivity contribution in [2.45, 2.75) is 63.1 Å². The number of hydroxylamine groups is 1. The third-order valence-electron chi connectivity index (χ3n) is 4.68. The number of rotatable bonds is 11. The Kier molecular flexibility index (Phi) is 8.73. The van der Waals surface area contributed by atoms with Gasteiger partial charge in [-0.2, -0.15) is 4.98 Å². The highest BCUT2D eigenvalue weighted by Gasteiger charge is 2.43. The average molecular weight is 412 g/mol. The highest BCUT2D eigenvalue weighted by molar-refractivity contribution is 5.74. The minimum atomic E-state index is -1.36. The van der Waals surface area contributed by atoms with Crippen LogP contribution in [0.1, 0.15) is 44.8 Å². The molecule has 3 unspecified atom stereocenters. The van der Waals surface area contributed by atoms with Gasteiger partial charge in [-0.25, -0.2) is 10.3 Å². The number of carbonyl (C=O) groups excluding carboxylic acids is 1. The maximum atomic E-state index is 12.3. The monoisotopic (exact) mass is 412 g/mol. The summed E-state index contributed by atoms with van der Waals surface area (Å²) in [6.45, 7) is 3.42. The summed E-state index contributed by atoms with van der Waals surface area (Å²) < 4.78 is 6.38. The molecule has 1 fully saturated rings. The maximum Gasteiger partial charge on any atom is 0.351 e. The minimum Gasteiger partial charge on any atom is -0.394 e. The first kappa shape index (κ1) is 23.0. The molecular weight excluding hydrogens is 384 g/mol. The number of anilines is 1. The molecule has 162 valence electrons. The molecule has 0 aromatic carbocycles. The minimum absolute atomic E-state index is 0.283. The first-order chi connectivity index (χ1) is 13.9. The maximum absolute atomic E-state index is 12.3. The van der Waals surface area contributed by atoms with E-state index in [1.807, 2.05) is 0 Å². The van der Waals surface area contributed by atoms with Gasteiger partial charge in [0.2, 0.25) is 5.91 Å². The van der Waals surface area contributed by atoms with E-state index in [2.05, 4.69) is 16.9 Å². The lowest BCUT2D eigenvalue weighted by Crippen LogP contribution is -2.36. The predicted molar refractivity (Wildman–Crippen MR) is 102 cm³/mol. The Bertz CT molecular complexity index is 754. The van der Waals surface area contributed by atoms with Crippen LogP contribution >= 0.6 is 0 Å². The van der Waals surface area contributed by atoms with Crippen LogP contribution in [0.2, 0.25) is 0 Å². The Hall–Kier alpha value is -2.31. The van der Waals surface area contributed by atoms with E-state index in [4.69, 9.17) is 15.1 Å². The quantitative estimate of drug-likeness (QED) is 0.161. The van der Waals surface area contributed by atoms with E-state index in [-0.39, 0.29) is 6.42 Å². The molecule has 1 saturated heterocycles. The summed E-state index contributed by atoms with van der Waals surface area (Å²) in [4.78, 5) is 27.0. The molecule has 1 aromatic rings. The van der Waals surface area contributed by atoms with Crippen molar-refractivity contribution in [1.29, 1.82) is 0 Å². The standard InChI is InChI=1S/C18H28N4O7/c1-11(6-4-2-3-5-7-14(24)21-28)19-13-8-9-22(18(27)20-13)17-16(26)15(25)12(10-23)29-17/h8-9,12,15-17,23,25-26,28H,1-7,10H2,(H,21,24)(H,19,20,27)/t12?,15-,16?,17?/m1/s1. The second-order valence-corrected chi connectivity index (χ2v) is 6.91. The largest absolute Gasteiger partial charge is 0.394 e. The van der Waals surface area contributed by atoms with E-state index in [0.717, 1.165) is 23.8 Å². The summed E-state index contributed by atoms with van der Waals surface area (Å²) in [7, 11) is 0. The van der Waals surface area contributed by atoms with E-state index < -0.39 is 42.7 Å². The predicted octanol–water partition coefficient (Wildman–Crippen LogP) is -0.374. The van der Waals surface area contributed by atoms with E-state index in [0.29, 0.717) is 24.4 Å². The summed E-state index contributed by atoms with van der Waals surface area (Å²) in [6.07, 6.45) is 0.827. The fraction of sp³-hybridized carbons (Fsp3) is 0.611. The van der Waals surface area contributed by atoms with Gasteiger partial charge in [0.05, 0.1) is 6.61 Å². The molecule has 2 rings (SSSR count). The second kappa shape index (κ2) is 11.0. The van der Waals surface area contributed by atoms with E-state index in [9.17, 15) is 19.8 Å². The molecule has 1 amide bonds. The number of allylic oxidation sites excluding steroid dienone is 1. The highest BCUT2D eigenvalue weighted by Crippen LogP contribution is 2.28. The van der Waals surface area contributed by atoms with Crippen molar-refractivity contribution < 1.29 is 30.1 Å². The molecule has 0 spiro atoms. The van der Waals surface area contributed by atoms with Crippen molar-refractivity contribution in [2.24, 2.45) is 0 Å². The number of hydrogen-bond donors (Lipinski definition) is 6. The van der Waals surface area contributed by atoms with Crippen LogP contribution in [-0.2, 0) is 9.53 Å². The van der Waals surface area contributed by atoms with Crippen molar-refractivity contribution in [3.63, 3.8) is 0 Å². The van der Waals surface area contributed by atoms with Crippen LogP contribution in [0.25, 0.3) is 0 Å². The first-order valence-corrected chi connectivity index (χ1v) is 9.46. The fourth-order valence-corrected chi connectivity index (χ4v) is 3.06. The topological polar surface area (TPSA) is 166 Å². The number of carbonyl (C=O) groups is 1. The molecule has 0 bridgehead atoms. The highest BCUT2D eigenvalue weighted by atomic mass is 16.6. The molecule has 1 aliphatic rings. The molecule has 0 saturated carbocycles. The van der Waals surface area contributed by atoms with Gasteiger partial charge >= 0.3 is 5.69 Å². The number of unbranched alkanes of at least 4 members (excludes halogenated alkanes) is 3. The van der Waals surface area contributed by atoms with Gasteiger partial charge < -0.3 is 25.4 Å². The average Bonchev–Trinajstić information content (AvgIpc) is 2.98. The lowest BCUT2D eigenvalue weighted by atomic mass is 10.1. The molecule has 4 atom stereocenters. The van der Waals surface area contributed by atoms with Crippen LogP contribution in [0.3, 0.4) is 0 Å². The Balaban J connectivity index is 1.81. The normalized spacial score (nSPS) is 23.7. The van der Waals surface area contributed by atoms with Gasteiger partial charge in [-0.15, -0.1) is 0 Å². The molecule has 0 aliphatic carbocycles. The van der Waals surface area contributed by atoms with Crippen molar-refractivity contribution in [2.75, 3.05) is 11.9 Å². The number of nitrogens with one attached hydrogen (secondary N) is 2. The molecule has 6 N–H and O–H groups in total. The molecule has 1 aromatic heterocycles. The SMILES string of the molecule is C=C(CCCCCCC(=O)NO)Nc1ccn(C2OC(CO)[C@@H](O)C2O)c(=O)n1. The summed E-state index contributed by atoms with van der Waals surface area (Å²) in [5.41, 5.74) is 1.59. The molecular formula is C18H28N4O7.